The van der Waals surface area contributed by atoms with Crippen LogP contribution in [-0.2, 0) is 4.89 Å². The lowest BCUT2D eigenvalue weighted by molar-refractivity contribution is -0.186. The molecule has 0 aliphatic carbocycles. The normalized spacial score (nSPS) is 7.17. The van der Waals surface area contributed by atoms with Crippen molar-refractivity contribution >= 4 is 23.2 Å². The second-order valence-corrected chi connectivity index (χ2v) is 1.52. The van der Waals surface area contributed by atoms with Gasteiger partial charge in [-0.2, -0.15) is 0 Å². The molecule has 2 nitrogen and oxygen atoms in total. The van der Waals surface area contributed by atoms with E-state index in [1.807, 2.05) is 0 Å². The van der Waals surface area contributed by atoms with E-state index in [1.54, 1.807) is 0 Å². The minimum absolute atomic E-state index is 0.113. The summed E-state index contributed by atoms with van der Waals surface area (Å²) in [4.78, 5) is 3.38. The van der Waals surface area contributed by atoms with Crippen LogP contribution in [0.3, 0.4) is 0 Å². The van der Waals surface area contributed by atoms with E-state index < -0.39 is 0 Å². The molecular formula is C2H2Cl2O2. The van der Waals surface area contributed by atoms with Gasteiger partial charge in [-0.1, -0.05) is 23.2 Å². The summed E-state index contributed by atoms with van der Waals surface area (Å²) in [5.41, 5.74) is 0. The summed E-state index contributed by atoms with van der Waals surface area (Å²) in [6.07, 6.45) is 0.795. The molecule has 0 amide bonds. The lowest BCUT2D eigenvalue weighted by atomic mass is 11.2. The quantitative estimate of drug-likeness (QED) is 0.332. The van der Waals surface area contributed by atoms with Gasteiger partial charge in [0.15, 0.2) is 6.26 Å². The number of hydrogen-bond acceptors (Lipinski definition) is 2. The first-order valence-electron chi connectivity index (χ1n) is 1.08. The van der Waals surface area contributed by atoms with Crippen molar-refractivity contribution < 1.29 is 10.1 Å². The minimum Gasteiger partial charge on any atom is -0.346 e. The first-order chi connectivity index (χ1) is 2.77. The zero-order valence-corrected chi connectivity index (χ0v) is 4.20. The Kier molecular flexibility index (Phi) is 3.32. The number of rotatable bonds is 1. The molecule has 4 heteroatoms. The molecule has 0 atom stereocenters. The predicted molar refractivity (Wildman–Crippen MR) is 23.5 cm³/mol. The van der Waals surface area contributed by atoms with E-state index in [-0.39, 0.29) is 4.49 Å². The lowest BCUT2D eigenvalue weighted by Gasteiger charge is -1.77. The van der Waals surface area contributed by atoms with Crippen molar-refractivity contribution in [2.45, 2.75) is 0 Å². The summed E-state index contributed by atoms with van der Waals surface area (Å²) in [6.45, 7) is 0. The maximum atomic E-state index is 7.49. The average Bonchev–Trinajstić information content (AvgIpc) is 1.35. The van der Waals surface area contributed by atoms with Crippen molar-refractivity contribution in [1.29, 1.82) is 0 Å². The molecule has 0 rings (SSSR count). The molecule has 0 unspecified atom stereocenters. The Morgan fingerprint density at radius 2 is 2.17 bits per heavy atom. The van der Waals surface area contributed by atoms with Gasteiger partial charge in [-0.15, -0.1) is 0 Å². The fourth-order valence-electron chi connectivity index (χ4n) is 0.0398. The van der Waals surface area contributed by atoms with Gasteiger partial charge < -0.3 is 4.89 Å². The molecule has 0 aromatic rings. The molecule has 0 saturated heterocycles. The standard InChI is InChI=1S/C2H2Cl2O2/c3-2(4)1-6-5/h1,5H. The molecule has 6 heavy (non-hydrogen) atoms. The minimum atomic E-state index is -0.113. The smallest absolute Gasteiger partial charge is 0.159 e. The summed E-state index contributed by atoms with van der Waals surface area (Å²) in [6, 6.07) is 0. The van der Waals surface area contributed by atoms with E-state index in [0.717, 1.165) is 6.26 Å². The molecule has 0 saturated carbocycles. The summed E-state index contributed by atoms with van der Waals surface area (Å²) in [5, 5.41) is 7.49. The first kappa shape index (κ1) is 6.08. The predicted octanol–water partition coefficient (Wildman–Crippen LogP) is 1.75. The zero-order valence-electron chi connectivity index (χ0n) is 2.69. The Labute approximate surface area is 44.9 Å². The topological polar surface area (TPSA) is 29.5 Å². The van der Waals surface area contributed by atoms with E-state index in [4.69, 9.17) is 28.5 Å². The van der Waals surface area contributed by atoms with Gasteiger partial charge in [-0.3, -0.25) is 0 Å². The highest BCUT2D eigenvalue weighted by molar-refractivity contribution is 6.55. The third kappa shape index (κ3) is 4.08. The van der Waals surface area contributed by atoms with E-state index in [9.17, 15) is 0 Å². The third-order valence-corrected chi connectivity index (χ3v) is 0.320. The fourth-order valence-corrected chi connectivity index (χ4v) is 0.120. The molecule has 36 valence electrons. The number of hydrogen-bond donors (Lipinski definition) is 1. The molecule has 0 heterocycles. The van der Waals surface area contributed by atoms with Gasteiger partial charge in [0.25, 0.3) is 0 Å². The maximum Gasteiger partial charge on any atom is 0.159 e. The van der Waals surface area contributed by atoms with Gasteiger partial charge in [0.05, 0.1) is 0 Å². The molecule has 0 aromatic carbocycles. The summed E-state index contributed by atoms with van der Waals surface area (Å²) >= 11 is 9.84. The average molecular weight is 129 g/mol. The molecule has 0 aliphatic rings. The van der Waals surface area contributed by atoms with Crippen LogP contribution in [-0.4, -0.2) is 5.26 Å². The summed E-state index contributed by atoms with van der Waals surface area (Å²) < 4.78 is -0.113. The zero-order chi connectivity index (χ0) is 4.99. The van der Waals surface area contributed by atoms with Gasteiger partial charge in [0.1, 0.15) is 4.49 Å². The highest BCUT2D eigenvalue weighted by Crippen LogP contribution is 2.04. The SMILES string of the molecule is OOC=C(Cl)Cl. The van der Waals surface area contributed by atoms with Crippen molar-refractivity contribution in [2.75, 3.05) is 0 Å². The maximum absolute atomic E-state index is 7.49. The van der Waals surface area contributed by atoms with Gasteiger partial charge in [0.2, 0.25) is 0 Å². The van der Waals surface area contributed by atoms with E-state index >= 15 is 0 Å². The Hall–Kier alpha value is 0.0800. The van der Waals surface area contributed by atoms with Crippen LogP contribution in [0.5, 0.6) is 0 Å². The Balaban J connectivity index is 3.14. The van der Waals surface area contributed by atoms with Crippen LogP contribution in [0.15, 0.2) is 10.8 Å². The van der Waals surface area contributed by atoms with Crippen molar-refractivity contribution in [2.24, 2.45) is 0 Å². The Bertz CT molecular complexity index is 56.6. The Morgan fingerprint density at radius 3 is 2.17 bits per heavy atom. The largest absolute Gasteiger partial charge is 0.346 e. The van der Waals surface area contributed by atoms with Gasteiger partial charge in [-0.05, 0) is 0 Å². The number of halogens is 2. The van der Waals surface area contributed by atoms with E-state index in [2.05, 4.69) is 4.89 Å². The van der Waals surface area contributed by atoms with Crippen molar-refractivity contribution in [3.8, 4) is 0 Å². The molecule has 0 radical (unpaired) electrons. The van der Waals surface area contributed by atoms with Crippen LogP contribution in [0.2, 0.25) is 0 Å². The second-order valence-electron chi connectivity index (χ2n) is 0.513. The fraction of sp³-hybridized carbons (Fsp3) is 0. The highest BCUT2D eigenvalue weighted by atomic mass is 35.5. The van der Waals surface area contributed by atoms with Crippen LogP contribution < -0.4 is 0 Å². The van der Waals surface area contributed by atoms with Crippen LogP contribution in [0.4, 0.5) is 0 Å². The third-order valence-electron chi connectivity index (χ3n) is 0.142. The van der Waals surface area contributed by atoms with E-state index in [0.29, 0.717) is 0 Å². The van der Waals surface area contributed by atoms with E-state index in [1.165, 1.54) is 0 Å². The van der Waals surface area contributed by atoms with Gasteiger partial charge in [0, 0.05) is 0 Å². The summed E-state index contributed by atoms with van der Waals surface area (Å²) in [7, 11) is 0. The lowest BCUT2D eigenvalue weighted by Crippen LogP contribution is -1.63. The van der Waals surface area contributed by atoms with Crippen LogP contribution >= 0.6 is 23.2 Å². The van der Waals surface area contributed by atoms with Gasteiger partial charge in [-0.25, -0.2) is 5.26 Å². The molecule has 0 aromatic heterocycles. The first-order valence-corrected chi connectivity index (χ1v) is 1.84. The molecule has 0 bridgehead atoms. The molecule has 0 spiro atoms. The second kappa shape index (κ2) is 3.28. The molecule has 1 N–H and O–H groups in total. The summed E-state index contributed by atoms with van der Waals surface area (Å²) in [5.74, 6) is 0. The van der Waals surface area contributed by atoms with Crippen molar-refractivity contribution in [3.05, 3.63) is 10.8 Å². The van der Waals surface area contributed by atoms with Crippen LogP contribution in [0.25, 0.3) is 0 Å². The molecule has 0 fully saturated rings. The van der Waals surface area contributed by atoms with Gasteiger partial charge >= 0.3 is 0 Å². The molecule has 0 aliphatic heterocycles. The molecular weight excluding hydrogens is 127 g/mol. The Morgan fingerprint density at radius 1 is 1.67 bits per heavy atom. The van der Waals surface area contributed by atoms with Crippen LogP contribution in [0, 0.1) is 0 Å². The monoisotopic (exact) mass is 128 g/mol. The highest BCUT2D eigenvalue weighted by Gasteiger charge is 1.76. The van der Waals surface area contributed by atoms with Crippen molar-refractivity contribution in [1.82, 2.24) is 0 Å². The van der Waals surface area contributed by atoms with Crippen LogP contribution in [0.1, 0.15) is 0 Å². The van der Waals surface area contributed by atoms with Crippen molar-refractivity contribution in [3.63, 3.8) is 0 Å².